The summed E-state index contributed by atoms with van der Waals surface area (Å²) in [6.45, 7) is 2.23. The van der Waals surface area contributed by atoms with Crippen LogP contribution in [0.2, 0.25) is 0 Å². The van der Waals surface area contributed by atoms with Gasteiger partial charge in [-0.25, -0.2) is 4.98 Å². The Balaban J connectivity index is 1.78. The molecule has 16 heavy (non-hydrogen) atoms. The summed E-state index contributed by atoms with van der Waals surface area (Å²) < 4.78 is 0. The van der Waals surface area contributed by atoms with Crippen LogP contribution in [0.15, 0.2) is 18.3 Å². The number of anilines is 1. The van der Waals surface area contributed by atoms with Gasteiger partial charge in [0.05, 0.1) is 0 Å². The molecular weight excluding hydrogens is 198 g/mol. The molecule has 1 unspecified atom stereocenters. The summed E-state index contributed by atoms with van der Waals surface area (Å²) in [5, 5.41) is 3.40. The van der Waals surface area contributed by atoms with Gasteiger partial charge in [-0.3, -0.25) is 0 Å². The summed E-state index contributed by atoms with van der Waals surface area (Å²) in [6, 6.07) is 5.06. The molecule has 3 rings (SSSR count). The zero-order valence-corrected chi connectivity index (χ0v) is 9.82. The van der Waals surface area contributed by atoms with Gasteiger partial charge >= 0.3 is 0 Å². The molecule has 2 heterocycles. The molecule has 1 N–H and O–H groups in total. The van der Waals surface area contributed by atoms with E-state index in [2.05, 4.69) is 34.4 Å². The van der Waals surface area contributed by atoms with Crippen molar-refractivity contribution < 1.29 is 0 Å². The molecule has 1 aromatic rings. The summed E-state index contributed by atoms with van der Waals surface area (Å²) in [6.07, 6.45) is 5.91. The van der Waals surface area contributed by atoms with Gasteiger partial charge in [-0.05, 0) is 49.4 Å². The van der Waals surface area contributed by atoms with Crippen LogP contribution in [0, 0.1) is 0 Å². The van der Waals surface area contributed by atoms with E-state index in [1.807, 2.05) is 6.20 Å². The Labute approximate surface area is 96.9 Å². The molecule has 1 atom stereocenters. The third-order valence-electron chi connectivity index (χ3n) is 3.76. The third kappa shape index (κ3) is 1.92. The van der Waals surface area contributed by atoms with Crippen molar-refractivity contribution in [1.29, 1.82) is 0 Å². The maximum atomic E-state index is 4.49. The van der Waals surface area contributed by atoms with Gasteiger partial charge < -0.3 is 10.2 Å². The standard InChI is InChI=1S/C13H19N3/c1-16(12-5-6-14-9-12)13-8-11(4-7-15-13)10-2-3-10/h4,7-8,10,12,14H,2-3,5-6,9H2,1H3. The summed E-state index contributed by atoms with van der Waals surface area (Å²) in [4.78, 5) is 6.82. The van der Waals surface area contributed by atoms with E-state index in [1.165, 1.54) is 24.8 Å². The minimum atomic E-state index is 0.613. The first-order chi connectivity index (χ1) is 7.84. The highest BCUT2D eigenvalue weighted by molar-refractivity contribution is 5.43. The van der Waals surface area contributed by atoms with Crippen molar-refractivity contribution in [3.8, 4) is 0 Å². The number of likely N-dealkylation sites (N-methyl/N-ethyl adjacent to an activating group) is 1. The maximum absolute atomic E-state index is 4.49. The van der Waals surface area contributed by atoms with Crippen molar-refractivity contribution in [1.82, 2.24) is 10.3 Å². The fourth-order valence-corrected chi connectivity index (χ4v) is 2.45. The lowest BCUT2D eigenvalue weighted by Crippen LogP contribution is -2.33. The second-order valence-electron chi connectivity index (χ2n) is 4.98. The molecule has 0 bridgehead atoms. The number of hydrogen-bond acceptors (Lipinski definition) is 3. The van der Waals surface area contributed by atoms with Crippen molar-refractivity contribution in [3.63, 3.8) is 0 Å². The van der Waals surface area contributed by atoms with E-state index in [0.717, 1.165) is 24.8 Å². The molecule has 0 amide bonds. The van der Waals surface area contributed by atoms with Crippen LogP contribution in [0.4, 0.5) is 5.82 Å². The van der Waals surface area contributed by atoms with E-state index >= 15 is 0 Å². The lowest BCUT2D eigenvalue weighted by atomic mass is 10.1. The van der Waals surface area contributed by atoms with Gasteiger partial charge in [0.1, 0.15) is 5.82 Å². The number of nitrogens with zero attached hydrogens (tertiary/aromatic N) is 2. The molecule has 1 saturated heterocycles. The van der Waals surface area contributed by atoms with Crippen LogP contribution < -0.4 is 10.2 Å². The Hall–Kier alpha value is -1.09. The Morgan fingerprint density at radius 3 is 2.94 bits per heavy atom. The molecule has 0 radical (unpaired) electrons. The highest BCUT2D eigenvalue weighted by Crippen LogP contribution is 2.40. The molecular formula is C13H19N3. The lowest BCUT2D eigenvalue weighted by Gasteiger charge is -2.25. The predicted octanol–water partition coefficient (Wildman–Crippen LogP) is 1.76. The number of nitrogens with one attached hydrogen (secondary N) is 1. The van der Waals surface area contributed by atoms with Crippen molar-refractivity contribution in [3.05, 3.63) is 23.9 Å². The summed E-state index contributed by atoms with van der Waals surface area (Å²) in [5.41, 5.74) is 1.47. The lowest BCUT2D eigenvalue weighted by molar-refractivity contribution is 0.677. The summed E-state index contributed by atoms with van der Waals surface area (Å²) in [5.74, 6) is 1.95. The average molecular weight is 217 g/mol. The van der Waals surface area contributed by atoms with Gasteiger partial charge in [0.15, 0.2) is 0 Å². The first-order valence-corrected chi connectivity index (χ1v) is 6.24. The van der Waals surface area contributed by atoms with Crippen molar-refractivity contribution in [2.24, 2.45) is 0 Å². The van der Waals surface area contributed by atoms with Gasteiger partial charge in [-0.15, -0.1) is 0 Å². The van der Waals surface area contributed by atoms with Crippen LogP contribution in [-0.2, 0) is 0 Å². The molecule has 86 valence electrons. The van der Waals surface area contributed by atoms with Crippen molar-refractivity contribution >= 4 is 5.82 Å². The Morgan fingerprint density at radius 1 is 1.38 bits per heavy atom. The molecule has 1 aliphatic carbocycles. The van der Waals surface area contributed by atoms with Crippen LogP contribution in [0.25, 0.3) is 0 Å². The second-order valence-corrected chi connectivity index (χ2v) is 4.98. The number of aromatic nitrogens is 1. The quantitative estimate of drug-likeness (QED) is 0.836. The summed E-state index contributed by atoms with van der Waals surface area (Å²) in [7, 11) is 2.16. The molecule has 0 aromatic carbocycles. The first kappa shape index (κ1) is 10.1. The molecule has 3 nitrogen and oxygen atoms in total. The Morgan fingerprint density at radius 2 is 2.25 bits per heavy atom. The Kier molecular flexibility index (Phi) is 2.56. The van der Waals surface area contributed by atoms with E-state index in [-0.39, 0.29) is 0 Å². The van der Waals surface area contributed by atoms with Crippen LogP contribution in [0.3, 0.4) is 0 Å². The normalized spacial score (nSPS) is 24.7. The zero-order chi connectivity index (χ0) is 11.0. The van der Waals surface area contributed by atoms with E-state index in [0.29, 0.717) is 6.04 Å². The van der Waals surface area contributed by atoms with Gasteiger partial charge in [-0.2, -0.15) is 0 Å². The Bertz CT molecular complexity index is 367. The molecule has 0 spiro atoms. The highest BCUT2D eigenvalue weighted by atomic mass is 15.2. The molecule has 1 aliphatic heterocycles. The van der Waals surface area contributed by atoms with Gasteiger partial charge in [-0.1, -0.05) is 0 Å². The minimum Gasteiger partial charge on any atom is -0.355 e. The number of rotatable bonds is 3. The van der Waals surface area contributed by atoms with E-state index in [1.54, 1.807) is 0 Å². The molecule has 2 fully saturated rings. The number of hydrogen-bond donors (Lipinski definition) is 1. The zero-order valence-electron chi connectivity index (χ0n) is 9.82. The smallest absolute Gasteiger partial charge is 0.128 e. The van der Waals surface area contributed by atoms with Crippen LogP contribution in [0.5, 0.6) is 0 Å². The first-order valence-electron chi connectivity index (χ1n) is 6.24. The van der Waals surface area contributed by atoms with Crippen LogP contribution in [-0.4, -0.2) is 31.2 Å². The van der Waals surface area contributed by atoms with Gasteiger partial charge in [0.2, 0.25) is 0 Å². The van der Waals surface area contributed by atoms with Crippen molar-refractivity contribution in [2.75, 3.05) is 25.0 Å². The highest BCUT2D eigenvalue weighted by Gasteiger charge is 2.25. The maximum Gasteiger partial charge on any atom is 0.128 e. The minimum absolute atomic E-state index is 0.613. The SMILES string of the molecule is CN(c1cc(C2CC2)ccn1)C1CCNC1. The fourth-order valence-electron chi connectivity index (χ4n) is 2.45. The van der Waals surface area contributed by atoms with E-state index < -0.39 is 0 Å². The molecule has 1 saturated carbocycles. The van der Waals surface area contributed by atoms with Gasteiger partial charge in [0.25, 0.3) is 0 Å². The monoisotopic (exact) mass is 217 g/mol. The average Bonchev–Trinajstić information content (AvgIpc) is 3.04. The second kappa shape index (κ2) is 4.06. The largest absolute Gasteiger partial charge is 0.355 e. The fraction of sp³-hybridized carbons (Fsp3) is 0.615. The summed E-state index contributed by atoms with van der Waals surface area (Å²) >= 11 is 0. The number of pyridine rings is 1. The van der Waals surface area contributed by atoms with E-state index in [4.69, 9.17) is 0 Å². The van der Waals surface area contributed by atoms with Crippen LogP contribution in [0.1, 0.15) is 30.7 Å². The molecule has 2 aliphatic rings. The topological polar surface area (TPSA) is 28.2 Å². The van der Waals surface area contributed by atoms with Gasteiger partial charge in [0, 0.05) is 25.8 Å². The van der Waals surface area contributed by atoms with Crippen LogP contribution >= 0.6 is 0 Å². The van der Waals surface area contributed by atoms with E-state index in [9.17, 15) is 0 Å². The predicted molar refractivity (Wildman–Crippen MR) is 65.9 cm³/mol. The van der Waals surface area contributed by atoms with Crippen molar-refractivity contribution in [2.45, 2.75) is 31.2 Å². The molecule has 1 aromatic heterocycles. The molecule has 3 heteroatoms. The third-order valence-corrected chi connectivity index (χ3v) is 3.76.